The molecule has 0 aliphatic heterocycles. The topological polar surface area (TPSA) is 26.3 Å². The number of thiophene rings is 1. The zero-order valence-electron chi connectivity index (χ0n) is 10.6. The molecule has 19 heavy (non-hydrogen) atoms. The van der Waals surface area contributed by atoms with Crippen LogP contribution >= 0.6 is 11.3 Å². The molecule has 2 nitrogen and oxygen atoms in total. The van der Waals surface area contributed by atoms with Crippen molar-refractivity contribution in [2.75, 3.05) is 6.61 Å². The predicted molar refractivity (Wildman–Crippen MR) is 77.0 cm³/mol. The minimum absolute atomic E-state index is 0.174. The van der Waals surface area contributed by atoms with Gasteiger partial charge in [-0.1, -0.05) is 36.4 Å². The first-order valence-electron chi connectivity index (χ1n) is 6.27. The average molecular weight is 270 g/mol. The van der Waals surface area contributed by atoms with Crippen LogP contribution in [0.3, 0.4) is 0 Å². The largest absolute Gasteiger partial charge is 0.465 e. The number of carbonyl (C=O) groups is 1. The standard InChI is InChI=1S/C16H14O2S/c1-2-18-15(17)16(13-8-9-19-11-13)10-14(16)12-6-4-3-5-7-12/h3-11H,2H2,1H3. The maximum absolute atomic E-state index is 12.3. The number of esters is 1. The minimum Gasteiger partial charge on any atom is -0.465 e. The summed E-state index contributed by atoms with van der Waals surface area (Å²) in [5.74, 6) is -0.174. The molecule has 1 aromatic heterocycles. The highest BCUT2D eigenvalue weighted by Gasteiger charge is 2.54. The maximum atomic E-state index is 12.3. The molecule has 0 radical (unpaired) electrons. The summed E-state index contributed by atoms with van der Waals surface area (Å²) < 4.78 is 5.26. The molecule has 0 amide bonds. The van der Waals surface area contributed by atoms with Gasteiger partial charge in [-0.2, -0.15) is 11.3 Å². The SMILES string of the molecule is CCOC(=O)C1(c2ccsc2)C=C1c1ccccc1. The molecule has 0 N–H and O–H groups in total. The zero-order chi connectivity index (χ0) is 13.3. The van der Waals surface area contributed by atoms with Gasteiger partial charge in [0.05, 0.1) is 6.61 Å². The lowest BCUT2D eigenvalue weighted by atomic mass is 9.90. The Morgan fingerprint density at radius 1 is 1.26 bits per heavy atom. The van der Waals surface area contributed by atoms with E-state index in [2.05, 4.69) is 0 Å². The number of hydrogen-bond acceptors (Lipinski definition) is 3. The number of carbonyl (C=O) groups excluding carboxylic acids is 1. The van der Waals surface area contributed by atoms with Crippen LogP contribution in [0.15, 0.2) is 53.2 Å². The summed E-state index contributed by atoms with van der Waals surface area (Å²) in [6.45, 7) is 2.24. The Bertz CT molecular complexity index is 613. The Morgan fingerprint density at radius 2 is 2.05 bits per heavy atom. The predicted octanol–water partition coefficient (Wildman–Crippen LogP) is 3.65. The number of rotatable bonds is 4. The van der Waals surface area contributed by atoms with Gasteiger partial charge in [0.25, 0.3) is 0 Å². The number of benzene rings is 1. The lowest BCUT2D eigenvalue weighted by molar-refractivity contribution is -0.145. The van der Waals surface area contributed by atoms with Crippen molar-refractivity contribution in [3.8, 4) is 0 Å². The zero-order valence-corrected chi connectivity index (χ0v) is 11.4. The van der Waals surface area contributed by atoms with Crippen LogP contribution in [0, 0.1) is 0 Å². The lowest BCUT2D eigenvalue weighted by Crippen LogP contribution is -2.26. The Morgan fingerprint density at radius 3 is 2.68 bits per heavy atom. The molecule has 1 aliphatic carbocycles. The molecule has 0 saturated carbocycles. The van der Waals surface area contributed by atoms with Crippen LogP contribution in [0.5, 0.6) is 0 Å². The Hall–Kier alpha value is -1.87. The van der Waals surface area contributed by atoms with Gasteiger partial charge in [-0.05, 0) is 40.5 Å². The van der Waals surface area contributed by atoms with E-state index in [1.807, 2.05) is 60.2 Å². The first-order chi connectivity index (χ1) is 9.29. The fourth-order valence-corrected chi connectivity index (χ4v) is 3.08. The molecule has 0 fully saturated rings. The van der Waals surface area contributed by atoms with E-state index >= 15 is 0 Å². The number of hydrogen-bond donors (Lipinski definition) is 0. The van der Waals surface area contributed by atoms with Crippen LogP contribution in [-0.2, 0) is 14.9 Å². The van der Waals surface area contributed by atoms with Crippen molar-refractivity contribution in [2.45, 2.75) is 12.3 Å². The molecule has 1 heterocycles. The van der Waals surface area contributed by atoms with Gasteiger partial charge in [-0.15, -0.1) is 0 Å². The van der Waals surface area contributed by atoms with Crippen LogP contribution in [-0.4, -0.2) is 12.6 Å². The average Bonchev–Trinajstić information content (AvgIpc) is 2.97. The van der Waals surface area contributed by atoms with E-state index in [1.54, 1.807) is 11.3 Å². The first-order valence-corrected chi connectivity index (χ1v) is 7.22. The van der Waals surface area contributed by atoms with E-state index < -0.39 is 5.41 Å². The van der Waals surface area contributed by atoms with Crippen LogP contribution in [0.2, 0.25) is 0 Å². The molecule has 1 aromatic carbocycles. The van der Waals surface area contributed by atoms with Gasteiger partial charge in [-0.3, -0.25) is 4.79 Å². The van der Waals surface area contributed by atoms with E-state index in [-0.39, 0.29) is 5.97 Å². The van der Waals surface area contributed by atoms with Gasteiger partial charge in [0.2, 0.25) is 0 Å². The van der Waals surface area contributed by atoms with Crippen LogP contribution in [0.1, 0.15) is 18.1 Å². The van der Waals surface area contributed by atoms with E-state index in [9.17, 15) is 4.79 Å². The van der Waals surface area contributed by atoms with Crippen LogP contribution in [0.25, 0.3) is 5.57 Å². The summed E-state index contributed by atoms with van der Waals surface area (Å²) in [5, 5.41) is 4.01. The number of ether oxygens (including phenoxy) is 1. The third-order valence-electron chi connectivity index (χ3n) is 3.36. The molecule has 2 aromatic rings. The van der Waals surface area contributed by atoms with Crippen molar-refractivity contribution < 1.29 is 9.53 Å². The second kappa shape index (κ2) is 4.67. The van der Waals surface area contributed by atoms with Gasteiger partial charge in [-0.25, -0.2) is 0 Å². The van der Waals surface area contributed by atoms with E-state index in [0.29, 0.717) is 6.61 Å². The summed E-state index contributed by atoms with van der Waals surface area (Å²) in [5.41, 5.74) is 2.48. The van der Waals surface area contributed by atoms with Crippen molar-refractivity contribution in [3.63, 3.8) is 0 Å². The Kier molecular flexibility index (Phi) is 2.99. The minimum atomic E-state index is -0.655. The normalized spacial score (nSPS) is 20.8. The van der Waals surface area contributed by atoms with Gasteiger partial charge >= 0.3 is 5.97 Å². The molecular weight excluding hydrogens is 256 g/mol. The maximum Gasteiger partial charge on any atom is 0.325 e. The molecular formula is C16H14O2S. The van der Waals surface area contributed by atoms with Gasteiger partial charge < -0.3 is 4.74 Å². The molecule has 96 valence electrons. The molecule has 1 unspecified atom stereocenters. The van der Waals surface area contributed by atoms with Crippen molar-refractivity contribution in [1.82, 2.24) is 0 Å². The van der Waals surface area contributed by atoms with Crippen LogP contribution < -0.4 is 0 Å². The Labute approximate surface area is 116 Å². The molecule has 0 bridgehead atoms. The molecule has 3 rings (SSSR count). The van der Waals surface area contributed by atoms with Crippen molar-refractivity contribution in [3.05, 3.63) is 64.4 Å². The highest BCUT2D eigenvalue weighted by Crippen LogP contribution is 2.54. The molecule has 3 heteroatoms. The Balaban J connectivity index is 1.97. The van der Waals surface area contributed by atoms with E-state index in [4.69, 9.17) is 4.74 Å². The second-order valence-corrected chi connectivity index (χ2v) is 5.24. The third kappa shape index (κ3) is 1.90. The lowest BCUT2D eigenvalue weighted by Gasteiger charge is -2.16. The highest BCUT2D eigenvalue weighted by molar-refractivity contribution is 7.08. The summed E-state index contributed by atoms with van der Waals surface area (Å²) in [6, 6.07) is 12.0. The molecule has 0 spiro atoms. The third-order valence-corrected chi connectivity index (χ3v) is 4.04. The quantitative estimate of drug-likeness (QED) is 0.793. The molecule has 0 saturated heterocycles. The van der Waals surface area contributed by atoms with Gasteiger partial charge in [0, 0.05) is 0 Å². The fraction of sp³-hybridized carbons (Fsp3) is 0.188. The summed E-state index contributed by atoms with van der Waals surface area (Å²) in [6.07, 6.45) is 2.00. The van der Waals surface area contributed by atoms with E-state index in [1.165, 1.54) is 0 Å². The molecule has 1 atom stereocenters. The van der Waals surface area contributed by atoms with Crippen molar-refractivity contribution >= 4 is 22.9 Å². The van der Waals surface area contributed by atoms with Crippen molar-refractivity contribution in [2.24, 2.45) is 0 Å². The summed E-state index contributed by atoms with van der Waals surface area (Å²) in [4.78, 5) is 12.3. The summed E-state index contributed by atoms with van der Waals surface area (Å²) in [7, 11) is 0. The molecule has 1 aliphatic rings. The fourth-order valence-electron chi connectivity index (χ4n) is 2.37. The van der Waals surface area contributed by atoms with Gasteiger partial charge in [0.15, 0.2) is 0 Å². The van der Waals surface area contributed by atoms with Crippen molar-refractivity contribution in [1.29, 1.82) is 0 Å². The van der Waals surface area contributed by atoms with E-state index in [0.717, 1.165) is 16.7 Å². The second-order valence-electron chi connectivity index (χ2n) is 4.46. The smallest absolute Gasteiger partial charge is 0.325 e. The first kappa shape index (κ1) is 12.2. The summed E-state index contributed by atoms with van der Waals surface area (Å²) >= 11 is 1.60. The monoisotopic (exact) mass is 270 g/mol. The highest BCUT2D eigenvalue weighted by atomic mass is 32.1. The van der Waals surface area contributed by atoms with Gasteiger partial charge in [0.1, 0.15) is 5.41 Å². The van der Waals surface area contributed by atoms with Crippen LogP contribution in [0.4, 0.5) is 0 Å².